The molecule has 130 valence electrons. The zero-order valence-electron chi connectivity index (χ0n) is 14.9. The summed E-state index contributed by atoms with van der Waals surface area (Å²) in [7, 11) is 3.35. The highest BCUT2D eigenvalue weighted by atomic mass is 16.6. The Balaban J connectivity index is 4.37. The normalized spacial score (nSPS) is 13.7. The molecule has 0 aliphatic rings. The van der Waals surface area contributed by atoms with E-state index in [1.807, 2.05) is 34.6 Å². The third kappa shape index (κ3) is 10.3. The number of hydrogen-bond acceptors (Lipinski definition) is 4. The van der Waals surface area contributed by atoms with Crippen molar-refractivity contribution in [1.29, 1.82) is 0 Å². The maximum absolute atomic E-state index is 11.9. The van der Waals surface area contributed by atoms with Gasteiger partial charge >= 0.3 is 6.09 Å². The fraction of sp³-hybridized carbons (Fsp3) is 0.867. The lowest BCUT2D eigenvalue weighted by molar-refractivity contribution is 0.0491. The second kappa shape index (κ2) is 10.3. The van der Waals surface area contributed by atoms with E-state index in [-0.39, 0.29) is 12.0 Å². The number of guanidine groups is 1. The summed E-state index contributed by atoms with van der Waals surface area (Å²) in [6, 6.07) is -0.0594. The molecule has 22 heavy (non-hydrogen) atoms. The second-order valence-electron chi connectivity index (χ2n) is 6.37. The summed E-state index contributed by atoms with van der Waals surface area (Å²) in [6.45, 7) is 11.5. The second-order valence-corrected chi connectivity index (χ2v) is 6.37. The fourth-order valence-corrected chi connectivity index (χ4v) is 1.61. The lowest BCUT2D eigenvalue weighted by atomic mass is 10.0. The van der Waals surface area contributed by atoms with Crippen LogP contribution in [-0.4, -0.2) is 57.5 Å². The molecular formula is C15H32N4O3. The van der Waals surface area contributed by atoms with Crippen LogP contribution in [0.25, 0.3) is 0 Å². The molecule has 3 N–H and O–H groups in total. The molecular weight excluding hydrogens is 284 g/mol. The highest BCUT2D eigenvalue weighted by Crippen LogP contribution is 2.08. The van der Waals surface area contributed by atoms with Crippen LogP contribution in [0.5, 0.6) is 0 Å². The van der Waals surface area contributed by atoms with Crippen molar-refractivity contribution in [2.75, 3.05) is 33.9 Å². The molecule has 0 aromatic rings. The fourth-order valence-electron chi connectivity index (χ4n) is 1.61. The molecule has 7 heteroatoms. The number of aliphatic imine (C=N–C) groups is 1. The van der Waals surface area contributed by atoms with Crippen molar-refractivity contribution in [3.05, 3.63) is 0 Å². The van der Waals surface area contributed by atoms with Crippen LogP contribution in [-0.2, 0) is 9.47 Å². The van der Waals surface area contributed by atoms with Crippen molar-refractivity contribution in [1.82, 2.24) is 16.0 Å². The summed E-state index contributed by atoms with van der Waals surface area (Å²) in [6.07, 6.45) is -0.407. The van der Waals surface area contributed by atoms with Crippen molar-refractivity contribution < 1.29 is 14.3 Å². The number of carbonyl (C=O) groups is 1. The lowest BCUT2D eigenvalue weighted by Crippen LogP contribution is -2.50. The van der Waals surface area contributed by atoms with Gasteiger partial charge in [-0.25, -0.2) is 4.79 Å². The summed E-state index contributed by atoms with van der Waals surface area (Å²) in [5, 5.41) is 9.21. The zero-order chi connectivity index (χ0) is 17.2. The molecule has 0 aromatic carbocycles. The third-order valence-corrected chi connectivity index (χ3v) is 2.82. The Bertz CT molecular complexity index is 351. The van der Waals surface area contributed by atoms with Gasteiger partial charge < -0.3 is 25.4 Å². The van der Waals surface area contributed by atoms with Crippen LogP contribution in [0.3, 0.4) is 0 Å². The zero-order valence-corrected chi connectivity index (χ0v) is 14.9. The topological polar surface area (TPSA) is 84.0 Å². The summed E-state index contributed by atoms with van der Waals surface area (Å²) in [4.78, 5) is 16.0. The summed E-state index contributed by atoms with van der Waals surface area (Å²) >= 11 is 0. The molecule has 0 fully saturated rings. The van der Waals surface area contributed by atoms with Gasteiger partial charge in [0, 0.05) is 27.2 Å². The number of hydrogen-bond donors (Lipinski definition) is 3. The number of methoxy groups -OCH3 is 1. The van der Waals surface area contributed by atoms with Crippen LogP contribution in [0.1, 0.15) is 34.6 Å². The summed E-state index contributed by atoms with van der Waals surface area (Å²) in [5.74, 6) is 0.936. The quantitative estimate of drug-likeness (QED) is 0.375. The van der Waals surface area contributed by atoms with Crippen LogP contribution >= 0.6 is 0 Å². The van der Waals surface area contributed by atoms with E-state index in [0.717, 1.165) is 0 Å². The number of carbonyl (C=O) groups excluding carboxylic acids is 1. The minimum absolute atomic E-state index is 0.0594. The average Bonchev–Trinajstić information content (AvgIpc) is 2.38. The van der Waals surface area contributed by atoms with Gasteiger partial charge in [0.2, 0.25) is 0 Å². The first-order valence-electron chi connectivity index (χ1n) is 7.62. The Kier molecular flexibility index (Phi) is 9.56. The minimum Gasteiger partial charge on any atom is -0.444 e. The van der Waals surface area contributed by atoms with Gasteiger partial charge in [-0.3, -0.25) is 4.99 Å². The predicted molar refractivity (Wildman–Crippen MR) is 89.2 cm³/mol. The monoisotopic (exact) mass is 316 g/mol. The number of ether oxygens (including phenoxy) is 2. The van der Waals surface area contributed by atoms with Gasteiger partial charge in [-0.2, -0.15) is 0 Å². The van der Waals surface area contributed by atoms with Gasteiger partial charge in [0.1, 0.15) is 5.60 Å². The van der Waals surface area contributed by atoms with Gasteiger partial charge in [-0.15, -0.1) is 0 Å². The molecule has 1 unspecified atom stereocenters. The van der Waals surface area contributed by atoms with E-state index in [0.29, 0.717) is 25.7 Å². The first kappa shape index (κ1) is 20.5. The molecule has 0 saturated carbocycles. The smallest absolute Gasteiger partial charge is 0.407 e. The van der Waals surface area contributed by atoms with Crippen molar-refractivity contribution in [2.45, 2.75) is 46.3 Å². The van der Waals surface area contributed by atoms with Gasteiger partial charge in [0.25, 0.3) is 0 Å². The summed E-state index contributed by atoms with van der Waals surface area (Å²) in [5.41, 5.74) is -0.503. The number of nitrogens with zero attached hydrogens (tertiary/aromatic N) is 1. The third-order valence-electron chi connectivity index (χ3n) is 2.82. The van der Waals surface area contributed by atoms with Crippen LogP contribution < -0.4 is 16.0 Å². The van der Waals surface area contributed by atoms with E-state index in [1.165, 1.54) is 0 Å². The molecule has 0 radical (unpaired) electrons. The predicted octanol–water partition coefficient (Wildman–Crippen LogP) is 1.35. The maximum atomic E-state index is 11.9. The number of rotatable bonds is 7. The molecule has 0 aliphatic heterocycles. The molecule has 0 spiro atoms. The van der Waals surface area contributed by atoms with E-state index < -0.39 is 11.7 Å². The largest absolute Gasteiger partial charge is 0.444 e. The average molecular weight is 316 g/mol. The van der Waals surface area contributed by atoms with E-state index in [2.05, 4.69) is 20.9 Å². The maximum Gasteiger partial charge on any atom is 0.407 e. The van der Waals surface area contributed by atoms with E-state index in [4.69, 9.17) is 9.47 Å². The molecule has 0 saturated heterocycles. The van der Waals surface area contributed by atoms with Crippen molar-refractivity contribution >= 4 is 12.1 Å². The lowest BCUT2D eigenvalue weighted by Gasteiger charge is -2.26. The highest BCUT2D eigenvalue weighted by Gasteiger charge is 2.21. The van der Waals surface area contributed by atoms with E-state index in [1.54, 1.807) is 14.2 Å². The minimum atomic E-state index is -0.503. The van der Waals surface area contributed by atoms with Crippen LogP contribution in [0.2, 0.25) is 0 Å². The van der Waals surface area contributed by atoms with Crippen molar-refractivity contribution in [3.8, 4) is 0 Å². The van der Waals surface area contributed by atoms with Crippen LogP contribution in [0, 0.1) is 5.92 Å². The van der Waals surface area contributed by atoms with Gasteiger partial charge in [-0.05, 0) is 26.7 Å². The van der Waals surface area contributed by atoms with E-state index >= 15 is 0 Å². The number of nitrogens with one attached hydrogen (secondary N) is 3. The molecule has 0 aromatic heterocycles. The van der Waals surface area contributed by atoms with Gasteiger partial charge in [0.15, 0.2) is 5.96 Å². The van der Waals surface area contributed by atoms with Crippen molar-refractivity contribution in [2.24, 2.45) is 10.9 Å². The molecule has 0 rings (SSSR count). The Morgan fingerprint density at radius 2 is 1.86 bits per heavy atom. The van der Waals surface area contributed by atoms with Gasteiger partial charge in [-0.1, -0.05) is 13.8 Å². The van der Waals surface area contributed by atoms with Crippen LogP contribution in [0.4, 0.5) is 4.79 Å². The highest BCUT2D eigenvalue weighted by molar-refractivity contribution is 5.79. The van der Waals surface area contributed by atoms with Crippen LogP contribution in [0.15, 0.2) is 4.99 Å². The molecule has 0 heterocycles. The first-order valence-corrected chi connectivity index (χ1v) is 7.62. The van der Waals surface area contributed by atoms with E-state index in [9.17, 15) is 4.79 Å². The Hall–Kier alpha value is -1.50. The van der Waals surface area contributed by atoms with Gasteiger partial charge in [0.05, 0.1) is 12.6 Å². The molecule has 0 bridgehead atoms. The number of amides is 1. The first-order chi connectivity index (χ1) is 10.2. The Morgan fingerprint density at radius 1 is 1.23 bits per heavy atom. The SMILES string of the molecule is CN=C(NCCOC)NCC(NC(=O)OC(C)(C)C)C(C)C. The molecule has 1 amide bonds. The standard InChI is InChI=1S/C15H32N4O3/c1-11(2)12(19-14(20)22-15(3,4)5)10-18-13(16-6)17-8-9-21-7/h11-12H,8-10H2,1-7H3,(H,19,20)(H2,16,17,18). The summed E-state index contributed by atoms with van der Waals surface area (Å²) < 4.78 is 10.3. The molecule has 0 aliphatic carbocycles. The number of alkyl carbamates (subject to hydrolysis) is 1. The Morgan fingerprint density at radius 3 is 2.32 bits per heavy atom. The molecule has 7 nitrogen and oxygen atoms in total. The molecule has 1 atom stereocenters. The van der Waals surface area contributed by atoms with Crippen molar-refractivity contribution in [3.63, 3.8) is 0 Å². The Labute approximate surface area is 134 Å².